The Hall–Kier alpha value is -2.29. The van der Waals surface area contributed by atoms with E-state index in [4.69, 9.17) is 18.7 Å². The minimum atomic E-state index is -1.84. The second-order valence-electron chi connectivity index (χ2n) is 13.2. The first kappa shape index (κ1) is 26.0. The Labute approximate surface area is 223 Å². The number of allylic oxidation sites excluding steroid dienone is 1. The van der Waals surface area contributed by atoms with Crippen molar-refractivity contribution in [3.05, 3.63) is 40.3 Å². The van der Waals surface area contributed by atoms with E-state index in [-0.39, 0.29) is 41.1 Å². The molecular weight excluding hydrogens is 486 g/mol. The summed E-state index contributed by atoms with van der Waals surface area (Å²) in [5.74, 6) is -1.28. The van der Waals surface area contributed by atoms with E-state index in [9.17, 15) is 14.7 Å². The lowest BCUT2D eigenvalue weighted by Crippen LogP contribution is -2.68. The molecule has 5 aliphatic rings. The largest absolute Gasteiger partial charge is 0.451 e. The van der Waals surface area contributed by atoms with Gasteiger partial charge >= 0.3 is 5.97 Å². The summed E-state index contributed by atoms with van der Waals surface area (Å²) in [6.45, 7) is 15.7. The van der Waals surface area contributed by atoms with Crippen molar-refractivity contribution < 1.29 is 33.4 Å². The molecule has 0 radical (unpaired) electrons. The van der Waals surface area contributed by atoms with Crippen LogP contribution in [0.1, 0.15) is 76.7 Å². The van der Waals surface area contributed by atoms with Crippen molar-refractivity contribution >= 4 is 11.8 Å². The van der Waals surface area contributed by atoms with Gasteiger partial charge in [-0.1, -0.05) is 45.0 Å². The number of ketones is 1. The van der Waals surface area contributed by atoms with Crippen LogP contribution in [0, 0.1) is 41.4 Å². The van der Waals surface area contributed by atoms with Crippen LogP contribution in [0.4, 0.5) is 0 Å². The van der Waals surface area contributed by atoms with Gasteiger partial charge in [0.1, 0.15) is 17.4 Å². The Kier molecular flexibility index (Phi) is 5.39. The Bertz CT molecular complexity index is 1290. The van der Waals surface area contributed by atoms with Crippen molar-refractivity contribution in [2.45, 2.75) is 91.8 Å². The molecule has 0 amide bonds. The van der Waals surface area contributed by atoms with E-state index < -0.39 is 35.0 Å². The number of carbonyl (C=O) groups excluding carboxylic acids is 2. The van der Waals surface area contributed by atoms with Gasteiger partial charge in [0.2, 0.25) is 0 Å². The molecule has 38 heavy (non-hydrogen) atoms. The van der Waals surface area contributed by atoms with Crippen molar-refractivity contribution in [1.82, 2.24) is 5.16 Å². The molecule has 1 aromatic heterocycles. The minimum absolute atomic E-state index is 0.0119. The lowest BCUT2D eigenvalue weighted by atomic mass is 9.59. The molecule has 2 bridgehead atoms. The number of fused-ring (bicyclic) bond motifs is 5. The number of aryl methyl sites for hydroxylation is 2. The predicted octanol–water partition coefficient (Wildman–Crippen LogP) is 4.34. The highest BCUT2D eigenvalue weighted by atomic mass is 16.7. The van der Waals surface area contributed by atoms with Crippen LogP contribution in [-0.4, -0.2) is 52.2 Å². The number of aromatic nitrogens is 1. The zero-order chi connectivity index (χ0) is 27.6. The third-order valence-corrected chi connectivity index (χ3v) is 10.4. The van der Waals surface area contributed by atoms with Crippen LogP contribution in [0.2, 0.25) is 0 Å². The quantitative estimate of drug-likeness (QED) is 0.459. The molecule has 8 heteroatoms. The van der Waals surface area contributed by atoms with Gasteiger partial charge in [0.05, 0.1) is 17.7 Å². The monoisotopic (exact) mass is 525 g/mol. The normalized spacial score (nSPS) is 42.1. The van der Waals surface area contributed by atoms with Gasteiger partial charge in [-0.05, 0) is 74.9 Å². The molecule has 6 rings (SSSR count). The van der Waals surface area contributed by atoms with E-state index in [1.54, 1.807) is 20.8 Å². The molecule has 206 valence electrons. The predicted molar refractivity (Wildman–Crippen MR) is 137 cm³/mol. The Morgan fingerprint density at radius 3 is 2.63 bits per heavy atom. The number of aliphatic hydroxyl groups is 1. The Balaban J connectivity index is 1.52. The van der Waals surface area contributed by atoms with Crippen LogP contribution < -0.4 is 0 Å². The molecule has 0 unspecified atom stereocenters. The summed E-state index contributed by atoms with van der Waals surface area (Å²) in [6, 6.07) is 0. The molecule has 1 saturated heterocycles. The van der Waals surface area contributed by atoms with Gasteiger partial charge in [0.25, 0.3) is 0 Å². The van der Waals surface area contributed by atoms with Crippen LogP contribution in [0.3, 0.4) is 0 Å². The molecule has 1 aromatic rings. The van der Waals surface area contributed by atoms with E-state index in [1.807, 2.05) is 26.0 Å². The zero-order valence-corrected chi connectivity index (χ0v) is 23.6. The van der Waals surface area contributed by atoms with Crippen LogP contribution >= 0.6 is 0 Å². The van der Waals surface area contributed by atoms with Crippen molar-refractivity contribution in [2.24, 2.45) is 34.5 Å². The van der Waals surface area contributed by atoms with Crippen LogP contribution in [-0.2, 0) is 25.4 Å². The highest BCUT2D eigenvalue weighted by Gasteiger charge is 2.77. The first-order valence-corrected chi connectivity index (χ1v) is 13.8. The molecule has 3 fully saturated rings. The first-order valence-electron chi connectivity index (χ1n) is 13.8. The summed E-state index contributed by atoms with van der Waals surface area (Å²) in [5.41, 5.74) is -0.929. The van der Waals surface area contributed by atoms with E-state index in [1.165, 1.54) is 0 Å². The number of ether oxygens (including phenoxy) is 3. The molecule has 4 aliphatic carbocycles. The van der Waals surface area contributed by atoms with Crippen LogP contribution in [0.15, 0.2) is 27.8 Å². The lowest BCUT2D eigenvalue weighted by Gasteiger charge is -2.52. The number of hydrogen-bond donors (Lipinski definition) is 1. The van der Waals surface area contributed by atoms with Crippen LogP contribution in [0.5, 0.6) is 0 Å². The number of rotatable bonds is 3. The fourth-order valence-corrected chi connectivity index (χ4v) is 8.39. The molecule has 8 atom stereocenters. The van der Waals surface area contributed by atoms with E-state index in [0.29, 0.717) is 29.4 Å². The molecule has 1 N–H and O–H groups in total. The molecule has 0 aromatic carbocycles. The molecule has 8 nitrogen and oxygen atoms in total. The van der Waals surface area contributed by atoms with Crippen molar-refractivity contribution in [1.29, 1.82) is 0 Å². The van der Waals surface area contributed by atoms with Crippen molar-refractivity contribution in [3.63, 3.8) is 0 Å². The van der Waals surface area contributed by atoms with E-state index in [0.717, 1.165) is 12.0 Å². The first-order chi connectivity index (χ1) is 17.7. The summed E-state index contributed by atoms with van der Waals surface area (Å²) >= 11 is 0. The number of nitrogens with zero attached hydrogens (tertiary/aromatic N) is 1. The molecule has 1 aliphatic heterocycles. The standard InChI is InChI=1S/C30H39NO7/c1-9-20-21(16(4)38-31-20)26(33)36-24-14(2)12-29-15(3)10-19-22(27(19,5)6)18(23(29)32)11-17-13-35-28(7,8)37-25(17)30(24,29)34/h11-12,15,18-19,22,24-25,34H,9-10,13H2,1-8H3/t15-,18+,19-,22+,24+,25-,29+,30-/m1/s1. The second-order valence-corrected chi connectivity index (χ2v) is 13.2. The summed E-state index contributed by atoms with van der Waals surface area (Å²) < 4.78 is 24.0. The van der Waals surface area contributed by atoms with E-state index >= 15 is 0 Å². The van der Waals surface area contributed by atoms with Gasteiger partial charge in [-0.25, -0.2) is 4.79 Å². The van der Waals surface area contributed by atoms with Crippen molar-refractivity contribution in [3.8, 4) is 0 Å². The average Bonchev–Trinajstić information content (AvgIpc) is 3.11. The smallest absolute Gasteiger partial charge is 0.344 e. The summed E-state index contributed by atoms with van der Waals surface area (Å²) in [5, 5.41) is 17.1. The number of Topliss-reactive ketones (excluding diaryl/α,β-unsaturated/α-hetero) is 1. The Morgan fingerprint density at radius 1 is 1.24 bits per heavy atom. The number of esters is 1. The third kappa shape index (κ3) is 3.11. The van der Waals surface area contributed by atoms with Crippen molar-refractivity contribution in [2.75, 3.05) is 6.61 Å². The Morgan fingerprint density at radius 2 is 1.95 bits per heavy atom. The highest BCUT2D eigenvalue weighted by Crippen LogP contribution is 2.72. The molecule has 1 spiro atoms. The fraction of sp³-hybridized carbons (Fsp3) is 0.700. The summed E-state index contributed by atoms with van der Waals surface area (Å²) in [6.07, 6.45) is 3.21. The molecule has 2 saturated carbocycles. The topological polar surface area (TPSA) is 108 Å². The van der Waals surface area contributed by atoms with E-state index in [2.05, 4.69) is 25.9 Å². The van der Waals surface area contributed by atoms with Gasteiger partial charge in [-0.3, -0.25) is 4.79 Å². The SMILES string of the molecule is CCc1noc(C)c1C(=O)O[C@H]1C(C)=C[C@]23C(=O)[C@@H](C=C4COC(C)(C)O[C@H]4[C@]12O)[C@H]1[C@@H](C[C@H]3C)C1(C)C. The molecular formula is C30H39NO7. The maximum atomic E-state index is 14.7. The highest BCUT2D eigenvalue weighted by molar-refractivity contribution is 5.96. The maximum Gasteiger partial charge on any atom is 0.344 e. The second kappa shape index (κ2) is 7.89. The number of hydrogen-bond acceptors (Lipinski definition) is 8. The van der Waals surface area contributed by atoms with Gasteiger partial charge in [0.15, 0.2) is 23.3 Å². The summed E-state index contributed by atoms with van der Waals surface area (Å²) in [4.78, 5) is 28.4. The number of carbonyl (C=O) groups is 2. The average molecular weight is 526 g/mol. The summed E-state index contributed by atoms with van der Waals surface area (Å²) in [7, 11) is 0. The van der Waals surface area contributed by atoms with Gasteiger partial charge in [-0.2, -0.15) is 0 Å². The third-order valence-electron chi connectivity index (χ3n) is 10.4. The maximum absolute atomic E-state index is 14.7. The van der Waals surface area contributed by atoms with Gasteiger partial charge < -0.3 is 23.8 Å². The zero-order valence-electron chi connectivity index (χ0n) is 23.6. The minimum Gasteiger partial charge on any atom is -0.451 e. The van der Waals surface area contributed by atoms with Gasteiger partial charge in [0, 0.05) is 5.92 Å². The van der Waals surface area contributed by atoms with Gasteiger partial charge in [-0.15, -0.1) is 0 Å². The fourth-order valence-electron chi connectivity index (χ4n) is 8.39. The lowest BCUT2D eigenvalue weighted by molar-refractivity contribution is -0.302. The molecule has 2 heterocycles. The van der Waals surface area contributed by atoms with Crippen LogP contribution in [0.25, 0.3) is 0 Å².